The van der Waals surface area contributed by atoms with E-state index < -0.39 is 102 Å². The lowest BCUT2D eigenvalue weighted by molar-refractivity contribution is -0.265. The highest BCUT2D eigenvalue weighted by atomic mass is 16.6. The highest BCUT2D eigenvalue weighted by Gasteiger charge is 2.53. The van der Waals surface area contributed by atoms with E-state index in [-0.39, 0.29) is 126 Å². The number of nitrogens with one attached hydrogen (secondary N) is 1. The van der Waals surface area contributed by atoms with Gasteiger partial charge in [0.15, 0.2) is 17.0 Å². The predicted molar refractivity (Wildman–Crippen MR) is 493 cm³/mol. The molecule has 1 aliphatic carbocycles. The van der Waals surface area contributed by atoms with E-state index in [1.54, 1.807) is 70.5 Å². The van der Waals surface area contributed by atoms with Crippen molar-refractivity contribution in [2.45, 2.75) is 225 Å². The van der Waals surface area contributed by atoms with Gasteiger partial charge < -0.3 is 93.6 Å². The number of aryl methyl sites for hydroxylation is 1. The van der Waals surface area contributed by atoms with Crippen molar-refractivity contribution in [1.29, 1.82) is 0 Å². The van der Waals surface area contributed by atoms with E-state index in [4.69, 9.17) is 63.6 Å². The summed E-state index contributed by atoms with van der Waals surface area (Å²) in [5, 5.41) is 32.5. The molecule has 132 heavy (non-hydrogen) atoms. The summed E-state index contributed by atoms with van der Waals surface area (Å²) < 4.78 is 61.7. The summed E-state index contributed by atoms with van der Waals surface area (Å²) in [5.74, 6) is -7.38. The number of amides is 4. The number of hydrogen-bond donors (Lipinski definition) is 5. The highest BCUT2D eigenvalue weighted by molar-refractivity contribution is 6.39. The molecule has 6 aliphatic rings. The Morgan fingerprint density at radius 1 is 0.735 bits per heavy atom. The molecular weight excluding hydrogens is 1700 g/mol. The fourth-order valence-electron chi connectivity index (χ4n) is 19.1. The molecule has 2 aromatic carbocycles. The van der Waals surface area contributed by atoms with Gasteiger partial charge in [-0.1, -0.05) is 89.3 Å². The SMILES string of the molecule is COC1C[C@@H]([C@H](C)C[C@@H]2CC[C@@H](OC(=O)CCc3cnc(N4CCN(C(=O)CN(C)CC(=O)NCCOCCOCCC(=O)N5CCc6cc(Cn7nc(-c8ccc9oc(N)nc9c8)c8c(N)ncnc87)ccc6C5)CC4)nc3)[C@H](OC)C2)OC(=O)[C@@H]2CCCCN2C(=O)C(=O)[C@]2(O)O[C@@H](CC[C@H]2C)C[C@H](OC)/C(C)=C/C=C/C=C/[C@@H](C)C[C@@H](C)C(=O)[C@H](OC)[C@H](O)/C(C)=C/[C@H]1C. The first-order valence-corrected chi connectivity index (χ1v) is 46.6. The Hall–Kier alpha value is -10.3. The summed E-state index contributed by atoms with van der Waals surface area (Å²) in [6.45, 7) is 18.0. The lowest BCUT2D eigenvalue weighted by Gasteiger charge is -2.43. The fourth-order valence-corrected chi connectivity index (χ4v) is 19.1. The monoisotopic (exact) mass is 1830 g/mol. The molecule has 1 unspecified atom stereocenters. The molecule has 4 fully saturated rings. The van der Waals surface area contributed by atoms with Crippen LogP contribution >= 0.6 is 0 Å². The Morgan fingerprint density at radius 2 is 1.50 bits per heavy atom. The van der Waals surface area contributed by atoms with Crippen molar-refractivity contribution in [3.05, 3.63) is 125 Å². The Labute approximate surface area is 772 Å². The van der Waals surface area contributed by atoms with Gasteiger partial charge in [0.2, 0.25) is 29.5 Å². The van der Waals surface area contributed by atoms with E-state index in [1.165, 1.54) is 23.9 Å². The Balaban J connectivity index is 0.549. The quantitative estimate of drug-likeness (QED) is 0.0133. The maximum absolute atomic E-state index is 15.0. The van der Waals surface area contributed by atoms with Crippen LogP contribution < -0.4 is 21.7 Å². The number of carbonyl (C=O) groups excluding carboxylic acids is 8. The molecule has 3 saturated heterocycles. The number of ether oxygens (including phenoxy) is 9. The van der Waals surface area contributed by atoms with E-state index in [0.29, 0.717) is 168 Å². The first-order chi connectivity index (χ1) is 63.4. The van der Waals surface area contributed by atoms with E-state index in [9.17, 15) is 48.6 Å². The van der Waals surface area contributed by atoms with Gasteiger partial charge in [-0.3, -0.25) is 38.5 Å². The first-order valence-electron chi connectivity index (χ1n) is 46.6. The topological polar surface area (TPSA) is 436 Å². The molecule has 0 spiro atoms. The number of Topliss-reactive ketones (excluding diaryl/α,β-unsaturated/α-hetero) is 2. The third kappa shape index (κ3) is 26.2. The van der Waals surface area contributed by atoms with Crippen LogP contribution in [0.2, 0.25) is 0 Å². The lowest BCUT2D eigenvalue weighted by atomic mass is 9.78. The average Bonchev–Trinajstić information content (AvgIpc) is 1.30. The number of methoxy groups -OCH3 is 4. The molecule has 5 aliphatic heterocycles. The van der Waals surface area contributed by atoms with Gasteiger partial charge in [-0.2, -0.15) is 10.1 Å². The smallest absolute Gasteiger partial charge is 0.329 e. The summed E-state index contributed by atoms with van der Waals surface area (Å²) in [7, 11) is 7.87. The van der Waals surface area contributed by atoms with Crippen molar-refractivity contribution in [3.63, 3.8) is 0 Å². The standard InChI is InChI=1S/C97H135N15O20/c1-59-18-14-13-15-19-60(2)77(123-9)50-72-27-21-65(7)97(122,132-72)90(119)93(120)111-34-17-16-20-74(111)94(121)130-79(51-78(124-10)61(3)45-64(6)88(118)89(126-12)87(117)63(5)44-59)62(4)46-66-23-28-76(80(48-66)125-11)129-84(116)30-24-68-52-101-96(102-53-68)109-38-36-108(37-39-109)83(115)57-107(8)56-81(113)100-33-41-128-43-42-127-40-32-82(114)110-35-31-69-47-67(22-25-71(69)55-110)54-112-92-85(91(98)103-58-104-92)86(106-112)70-26-29-75-73(49-70)105-95(99)131-75/h13-15,18-19,22,25-26,29,45,47,49,52-53,58-59,61-63,65-66,72,74,76-80,88-89,118,122H,16-17,20-21,23-24,27-28,30-44,46,48,50-51,54-57H2,1-12H3,(H2,99,105)(H,100,113)(H2,98,103,104)/b15-13+,18-14+,60-19+,64-45+/t59-,61-,62-,63-,65-,66+,72+,74+,76-,77+,78?,79+,80-,88-,89+,97-/m1/s1. The van der Waals surface area contributed by atoms with Crippen molar-refractivity contribution in [1.82, 2.24) is 59.6 Å². The van der Waals surface area contributed by atoms with Gasteiger partial charge >= 0.3 is 11.9 Å². The number of rotatable bonds is 28. The molecule has 4 aromatic heterocycles. The van der Waals surface area contributed by atoms with Crippen molar-refractivity contribution in [2.75, 3.05) is 137 Å². The molecule has 2 bridgehead atoms. The van der Waals surface area contributed by atoms with Gasteiger partial charge in [-0.05, 0) is 167 Å². The number of aliphatic hydroxyl groups is 2. The first kappa shape index (κ1) is 101. The highest BCUT2D eigenvalue weighted by Crippen LogP contribution is 2.41. The van der Waals surface area contributed by atoms with Crippen LogP contribution in [0.15, 0.2) is 107 Å². The molecule has 0 radical (unpaired) electrons. The number of anilines is 3. The number of nitrogen functional groups attached to an aromatic ring is 2. The third-order valence-electron chi connectivity index (χ3n) is 26.8. The Bertz CT molecular complexity index is 5070. The Kier molecular flexibility index (Phi) is 36.2. The van der Waals surface area contributed by atoms with Crippen LogP contribution in [-0.2, 0) is 107 Å². The summed E-state index contributed by atoms with van der Waals surface area (Å²) in [6.07, 6.45) is 17.2. The van der Waals surface area contributed by atoms with Crippen LogP contribution in [0.3, 0.4) is 0 Å². The molecule has 4 amide bonds. The molecule has 718 valence electrons. The second kappa shape index (κ2) is 47.5. The molecule has 6 aromatic rings. The number of hydrogen-bond acceptors (Lipinski definition) is 30. The number of aliphatic hydroxyl groups excluding tert-OH is 1. The van der Waals surface area contributed by atoms with Crippen LogP contribution in [0, 0.1) is 35.5 Å². The number of nitrogens with two attached hydrogens (primary N) is 2. The molecular formula is C97H135N15O20. The molecule has 35 heteroatoms. The molecule has 1 saturated carbocycles. The molecule has 7 N–H and O–H groups in total. The number of piperidine rings is 1. The van der Waals surface area contributed by atoms with E-state index in [2.05, 4.69) is 42.4 Å². The summed E-state index contributed by atoms with van der Waals surface area (Å²) in [6, 6.07) is 10.7. The maximum Gasteiger partial charge on any atom is 0.329 e. The third-order valence-corrected chi connectivity index (χ3v) is 26.8. The number of cyclic esters (lactones) is 1. The maximum atomic E-state index is 15.0. The van der Waals surface area contributed by atoms with Crippen LogP contribution in [-0.4, -0.2) is 293 Å². The van der Waals surface area contributed by atoms with Crippen LogP contribution in [0.5, 0.6) is 0 Å². The molecule has 9 heterocycles. The number of carbonyl (C=O) groups is 8. The molecule has 35 nitrogen and oxygen atoms in total. The minimum atomic E-state index is -2.47. The fraction of sp³-hybridized carbons (Fsp3) is 0.608. The van der Waals surface area contributed by atoms with Gasteiger partial charge in [0.05, 0.1) is 82.3 Å². The summed E-state index contributed by atoms with van der Waals surface area (Å²) in [5.41, 5.74) is 20.7. The van der Waals surface area contributed by atoms with Crippen molar-refractivity contribution < 1.29 is 95.6 Å². The minimum absolute atomic E-state index is 0.00121. The molecule has 16 atom stereocenters. The number of oxazole rings is 1. The Morgan fingerprint density at radius 3 is 2.25 bits per heavy atom. The van der Waals surface area contributed by atoms with Gasteiger partial charge in [0, 0.05) is 136 Å². The van der Waals surface area contributed by atoms with Crippen molar-refractivity contribution in [2.24, 2.45) is 35.5 Å². The summed E-state index contributed by atoms with van der Waals surface area (Å²) >= 11 is 0. The second-order valence-corrected chi connectivity index (χ2v) is 36.6. The van der Waals surface area contributed by atoms with Gasteiger partial charge in [0.1, 0.15) is 53.8 Å². The number of piperazine rings is 1. The van der Waals surface area contributed by atoms with Crippen LogP contribution in [0.25, 0.3) is 33.4 Å². The van der Waals surface area contributed by atoms with Crippen LogP contribution in [0.4, 0.5) is 17.8 Å². The van der Waals surface area contributed by atoms with E-state index in [0.717, 1.165) is 27.8 Å². The largest absolute Gasteiger partial charge is 0.460 e. The normalized spacial score (nSPS) is 27.7. The summed E-state index contributed by atoms with van der Waals surface area (Å²) in [4.78, 5) is 142. The zero-order valence-electron chi connectivity index (χ0n) is 78.5. The average molecular weight is 1830 g/mol. The van der Waals surface area contributed by atoms with E-state index in [1.807, 2.05) is 104 Å². The minimum Gasteiger partial charge on any atom is -0.460 e. The molecule has 12 rings (SSSR count). The number of ketones is 2. The zero-order valence-corrected chi connectivity index (χ0v) is 78.5. The second-order valence-electron chi connectivity index (χ2n) is 36.6. The number of likely N-dealkylation sites (N-methyl/N-ethyl adjacent to an activating group) is 1. The van der Waals surface area contributed by atoms with Crippen molar-refractivity contribution >= 4 is 87.0 Å². The number of fused-ring (bicyclic) bond motifs is 6. The number of allylic oxidation sites excluding steroid dienone is 5. The number of benzene rings is 2. The number of aromatic nitrogens is 7. The van der Waals surface area contributed by atoms with Gasteiger partial charge in [-0.15, -0.1) is 0 Å². The van der Waals surface area contributed by atoms with Gasteiger partial charge in [-0.25, -0.2) is 29.4 Å². The predicted octanol–water partition coefficient (Wildman–Crippen LogP) is 8.47. The lowest BCUT2D eigenvalue weighted by Crippen LogP contribution is -2.61. The number of nitrogens with zero attached hydrogens (tertiary/aromatic N) is 12. The number of esters is 2. The van der Waals surface area contributed by atoms with Crippen molar-refractivity contribution in [3.8, 4) is 11.3 Å². The zero-order chi connectivity index (χ0) is 94.5. The van der Waals surface area contributed by atoms with E-state index >= 15 is 0 Å². The van der Waals surface area contributed by atoms with Gasteiger partial charge in [0.25, 0.3) is 17.7 Å². The van der Waals surface area contributed by atoms with Crippen LogP contribution in [0.1, 0.15) is 161 Å².